The van der Waals surface area contributed by atoms with Gasteiger partial charge in [-0.25, -0.2) is 0 Å². The zero-order valence-electron chi connectivity index (χ0n) is 17.2. The second-order valence-electron chi connectivity index (χ2n) is 8.33. The van der Waals surface area contributed by atoms with Crippen molar-refractivity contribution in [3.05, 3.63) is 59.7 Å². The summed E-state index contributed by atoms with van der Waals surface area (Å²) in [5.74, 6) is -2.24. The summed E-state index contributed by atoms with van der Waals surface area (Å²) in [6, 6.07) is 13.6. The van der Waals surface area contributed by atoms with E-state index in [-0.39, 0.29) is 18.4 Å². The molecule has 0 radical (unpaired) electrons. The molecular formula is C23H23N3O5. The van der Waals surface area contributed by atoms with Gasteiger partial charge in [-0.1, -0.05) is 30.3 Å². The third-order valence-electron chi connectivity index (χ3n) is 6.67. The van der Waals surface area contributed by atoms with Crippen LogP contribution in [-0.2, 0) is 26.5 Å². The molecule has 3 aliphatic heterocycles. The number of amides is 3. The maximum Gasteiger partial charge on any atom is 0.250 e. The summed E-state index contributed by atoms with van der Waals surface area (Å²) in [5, 5.41) is 16.4. The van der Waals surface area contributed by atoms with E-state index in [1.54, 1.807) is 62.6 Å². The standard InChI is InChI=1S/C23H23N3O5/c1-12(27)19-17-18(23(25-19)15-5-3-4-6-16(15)24-22(23)30)21(29)26(20(17)28)11-13-7-9-14(31-2)10-8-13/h3-10,12,17-19,25,27H,11H2,1-2H3,(H,24,30)/t12-,17-,18-,19-,23-/m0/s1. The average molecular weight is 421 g/mol. The number of benzene rings is 2. The lowest BCUT2D eigenvalue weighted by atomic mass is 9.76. The van der Waals surface area contributed by atoms with Crippen molar-refractivity contribution in [1.82, 2.24) is 10.2 Å². The van der Waals surface area contributed by atoms with Crippen LogP contribution in [0.4, 0.5) is 5.69 Å². The van der Waals surface area contributed by atoms with Crippen molar-refractivity contribution in [3.63, 3.8) is 0 Å². The molecule has 8 heteroatoms. The van der Waals surface area contributed by atoms with Crippen LogP contribution >= 0.6 is 0 Å². The Balaban J connectivity index is 1.56. The molecule has 8 nitrogen and oxygen atoms in total. The first kappa shape index (κ1) is 19.7. The lowest BCUT2D eigenvalue weighted by Crippen LogP contribution is -2.54. The van der Waals surface area contributed by atoms with E-state index in [2.05, 4.69) is 10.6 Å². The molecule has 0 saturated carbocycles. The second kappa shape index (κ2) is 6.90. The fourth-order valence-electron chi connectivity index (χ4n) is 5.23. The number of ether oxygens (including phenoxy) is 1. The van der Waals surface area contributed by atoms with Crippen LogP contribution in [0.1, 0.15) is 18.1 Å². The van der Waals surface area contributed by atoms with Gasteiger partial charge in [0.25, 0.3) is 0 Å². The largest absolute Gasteiger partial charge is 0.497 e. The number of nitrogens with one attached hydrogen (secondary N) is 2. The molecule has 5 rings (SSSR count). The highest BCUT2D eigenvalue weighted by molar-refractivity contribution is 6.15. The number of carbonyl (C=O) groups excluding carboxylic acids is 3. The lowest BCUT2D eigenvalue weighted by Gasteiger charge is -2.30. The molecule has 2 aromatic carbocycles. The number of aliphatic hydroxyl groups excluding tert-OH is 1. The van der Waals surface area contributed by atoms with Gasteiger partial charge in [-0.05, 0) is 30.7 Å². The number of carbonyl (C=O) groups is 3. The molecule has 160 valence electrons. The molecule has 0 aromatic heterocycles. The number of para-hydroxylation sites is 1. The zero-order valence-corrected chi connectivity index (χ0v) is 17.2. The molecule has 1 spiro atoms. The van der Waals surface area contributed by atoms with E-state index in [1.165, 1.54) is 4.90 Å². The number of fused-ring (bicyclic) bond motifs is 4. The maximum atomic E-state index is 13.6. The summed E-state index contributed by atoms with van der Waals surface area (Å²) >= 11 is 0. The number of hydrogen-bond donors (Lipinski definition) is 3. The van der Waals surface area contributed by atoms with Crippen molar-refractivity contribution in [1.29, 1.82) is 0 Å². The van der Waals surface area contributed by atoms with Gasteiger partial charge >= 0.3 is 0 Å². The fourth-order valence-corrected chi connectivity index (χ4v) is 5.23. The van der Waals surface area contributed by atoms with Crippen LogP contribution in [0.5, 0.6) is 5.75 Å². The minimum atomic E-state index is -1.38. The van der Waals surface area contributed by atoms with E-state index in [4.69, 9.17) is 4.74 Å². The van der Waals surface area contributed by atoms with Gasteiger partial charge in [0.05, 0.1) is 31.6 Å². The van der Waals surface area contributed by atoms with Crippen molar-refractivity contribution in [2.24, 2.45) is 11.8 Å². The quantitative estimate of drug-likeness (QED) is 0.636. The molecule has 2 aromatic rings. The Morgan fingerprint density at radius 3 is 2.48 bits per heavy atom. The van der Waals surface area contributed by atoms with Crippen molar-refractivity contribution < 1.29 is 24.2 Å². The number of likely N-dealkylation sites (tertiary alicyclic amines) is 1. The number of methoxy groups -OCH3 is 1. The Morgan fingerprint density at radius 1 is 1.10 bits per heavy atom. The highest BCUT2D eigenvalue weighted by Crippen LogP contribution is 2.53. The minimum Gasteiger partial charge on any atom is -0.497 e. The number of nitrogens with zero attached hydrogens (tertiary/aromatic N) is 1. The van der Waals surface area contributed by atoms with Gasteiger partial charge in [-0.2, -0.15) is 0 Å². The molecule has 2 saturated heterocycles. The predicted octanol–water partition coefficient (Wildman–Crippen LogP) is 0.997. The molecular weight excluding hydrogens is 398 g/mol. The predicted molar refractivity (Wildman–Crippen MR) is 111 cm³/mol. The summed E-state index contributed by atoms with van der Waals surface area (Å²) in [5.41, 5.74) is 0.628. The molecule has 2 fully saturated rings. The van der Waals surface area contributed by atoms with Crippen molar-refractivity contribution in [2.45, 2.75) is 31.2 Å². The van der Waals surface area contributed by atoms with Gasteiger partial charge in [-0.3, -0.25) is 24.6 Å². The van der Waals surface area contributed by atoms with E-state index in [0.717, 1.165) is 5.56 Å². The maximum absolute atomic E-state index is 13.6. The second-order valence-corrected chi connectivity index (χ2v) is 8.33. The van der Waals surface area contributed by atoms with Gasteiger partial charge in [0.1, 0.15) is 11.3 Å². The summed E-state index contributed by atoms with van der Waals surface area (Å²) in [6.45, 7) is 1.66. The smallest absolute Gasteiger partial charge is 0.250 e. The Morgan fingerprint density at radius 2 is 1.81 bits per heavy atom. The van der Waals surface area contributed by atoms with Crippen molar-refractivity contribution >= 4 is 23.4 Å². The van der Waals surface area contributed by atoms with E-state index >= 15 is 0 Å². The van der Waals surface area contributed by atoms with Gasteiger partial charge < -0.3 is 15.2 Å². The third-order valence-corrected chi connectivity index (χ3v) is 6.67. The number of rotatable bonds is 4. The van der Waals surface area contributed by atoms with Crippen LogP contribution < -0.4 is 15.4 Å². The SMILES string of the molecule is COc1ccc(CN2C(=O)[C@@H]3[C@H]([C@H](C)O)N[C@]4(C(=O)Nc5ccccc54)[C@@H]3C2=O)cc1. The number of hydrogen-bond acceptors (Lipinski definition) is 6. The highest BCUT2D eigenvalue weighted by atomic mass is 16.5. The summed E-state index contributed by atoms with van der Waals surface area (Å²) in [6.07, 6.45) is -0.926. The van der Waals surface area contributed by atoms with Gasteiger partial charge in [-0.15, -0.1) is 0 Å². The van der Waals surface area contributed by atoms with Gasteiger partial charge in [0.2, 0.25) is 17.7 Å². The number of aliphatic hydroxyl groups is 1. The number of anilines is 1. The van der Waals surface area contributed by atoms with E-state index < -0.39 is 35.4 Å². The van der Waals surface area contributed by atoms with E-state index in [9.17, 15) is 19.5 Å². The van der Waals surface area contributed by atoms with Crippen LogP contribution in [-0.4, -0.2) is 47.0 Å². The zero-order chi connectivity index (χ0) is 21.9. The first-order valence-electron chi connectivity index (χ1n) is 10.2. The molecule has 0 unspecified atom stereocenters. The first-order valence-corrected chi connectivity index (χ1v) is 10.2. The molecule has 31 heavy (non-hydrogen) atoms. The Labute approximate surface area is 179 Å². The third kappa shape index (κ3) is 2.65. The van der Waals surface area contributed by atoms with Crippen LogP contribution in [0.15, 0.2) is 48.5 Å². The Hall–Kier alpha value is -3.23. The summed E-state index contributed by atoms with van der Waals surface area (Å²) in [4.78, 5) is 41.4. The van der Waals surface area contributed by atoms with Gasteiger partial charge in [0.15, 0.2) is 0 Å². The summed E-state index contributed by atoms with van der Waals surface area (Å²) in [7, 11) is 1.57. The van der Waals surface area contributed by atoms with E-state index in [1.807, 2.05) is 0 Å². The minimum absolute atomic E-state index is 0.0978. The molecule has 3 amide bonds. The number of imide groups is 1. The Bertz CT molecular complexity index is 1080. The first-order chi connectivity index (χ1) is 14.9. The molecule has 0 aliphatic carbocycles. The van der Waals surface area contributed by atoms with Crippen LogP contribution in [0.3, 0.4) is 0 Å². The van der Waals surface area contributed by atoms with Crippen LogP contribution in [0.25, 0.3) is 0 Å². The Kier molecular flexibility index (Phi) is 4.39. The highest BCUT2D eigenvalue weighted by Gasteiger charge is 2.70. The molecule has 3 N–H and O–H groups in total. The average Bonchev–Trinajstić information content (AvgIpc) is 3.35. The monoisotopic (exact) mass is 421 g/mol. The summed E-state index contributed by atoms with van der Waals surface area (Å²) < 4.78 is 5.16. The van der Waals surface area contributed by atoms with Crippen LogP contribution in [0.2, 0.25) is 0 Å². The topological polar surface area (TPSA) is 108 Å². The molecule has 5 atom stereocenters. The molecule has 0 bridgehead atoms. The van der Waals surface area contributed by atoms with Crippen LogP contribution in [0, 0.1) is 11.8 Å². The van der Waals surface area contributed by atoms with E-state index in [0.29, 0.717) is 17.0 Å². The molecule has 3 aliphatic rings. The van der Waals surface area contributed by atoms with Crippen molar-refractivity contribution in [3.8, 4) is 5.75 Å². The molecule has 3 heterocycles. The fraction of sp³-hybridized carbons (Fsp3) is 0.348. The van der Waals surface area contributed by atoms with Crippen molar-refractivity contribution in [2.75, 3.05) is 12.4 Å². The normalized spacial score (nSPS) is 29.8. The lowest BCUT2D eigenvalue weighted by molar-refractivity contribution is -0.143. The van der Waals surface area contributed by atoms with Gasteiger partial charge in [0, 0.05) is 17.3 Å².